The number of carbonyl (C=O) groups is 1. The minimum atomic E-state index is -0.202. The van der Waals surface area contributed by atoms with Crippen molar-refractivity contribution in [3.63, 3.8) is 0 Å². The Morgan fingerprint density at radius 2 is 1.93 bits per heavy atom. The molecule has 0 radical (unpaired) electrons. The summed E-state index contributed by atoms with van der Waals surface area (Å²) in [6, 6.07) is 10.1. The maximum absolute atomic E-state index is 12.7. The Hall–Kier alpha value is -2.43. The SMILES string of the molecule is CCC1CCCCN1c1nccc(C(=O)Nc2ccc(C(C)(C)C)cc2)n1. The van der Waals surface area contributed by atoms with E-state index in [4.69, 9.17) is 0 Å². The lowest BCUT2D eigenvalue weighted by Crippen LogP contribution is -2.40. The van der Waals surface area contributed by atoms with Crippen LogP contribution in [0.2, 0.25) is 0 Å². The molecule has 1 aromatic heterocycles. The van der Waals surface area contributed by atoms with Gasteiger partial charge in [0.1, 0.15) is 5.69 Å². The number of nitrogens with zero attached hydrogens (tertiary/aromatic N) is 3. The third kappa shape index (κ3) is 4.65. The van der Waals surface area contributed by atoms with Crippen molar-refractivity contribution < 1.29 is 4.79 Å². The molecule has 1 N–H and O–H groups in total. The van der Waals surface area contributed by atoms with E-state index in [9.17, 15) is 4.79 Å². The number of benzene rings is 1. The average Bonchev–Trinajstić information content (AvgIpc) is 2.67. The number of hydrogen-bond acceptors (Lipinski definition) is 4. The summed E-state index contributed by atoms with van der Waals surface area (Å²) in [5.41, 5.74) is 2.51. The first-order valence-corrected chi connectivity index (χ1v) is 9.90. The molecule has 27 heavy (non-hydrogen) atoms. The fourth-order valence-corrected chi connectivity index (χ4v) is 3.55. The molecule has 144 valence electrons. The van der Waals surface area contributed by atoms with Crippen molar-refractivity contribution in [1.82, 2.24) is 9.97 Å². The summed E-state index contributed by atoms with van der Waals surface area (Å²) in [5, 5.41) is 2.94. The van der Waals surface area contributed by atoms with Gasteiger partial charge in [0.25, 0.3) is 5.91 Å². The smallest absolute Gasteiger partial charge is 0.274 e. The molecule has 0 saturated carbocycles. The highest BCUT2D eigenvalue weighted by molar-refractivity contribution is 6.02. The third-order valence-electron chi connectivity index (χ3n) is 5.24. The van der Waals surface area contributed by atoms with Gasteiger partial charge >= 0.3 is 0 Å². The largest absolute Gasteiger partial charge is 0.338 e. The predicted molar refractivity (Wildman–Crippen MR) is 110 cm³/mol. The number of aromatic nitrogens is 2. The van der Waals surface area contributed by atoms with E-state index < -0.39 is 0 Å². The van der Waals surface area contributed by atoms with Crippen LogP contribution in [-0.2, 0) is 5.41 Å². The van der Waals surface area contributed by atoms with Gasteiger partial charge in [0, 0.05) is 24.5 Å². The molecule has 1 atom stereocenters. The van der Waals surface area contributed by atoms with Crippen LogP contribution >= 0.6 is 0 Å². The van der Waals surface area contributed by atoms with E-state index in [1.54, 1.807) is 12.3 Å². The predicted octanol–water partition coefficient (Wildman–Crippen LogP) is 4.80. The van der Waals surface area contributed by atoms with Crippen LogP contribution in [0.4, 0.5) is 11.6 Å². The van der Waals surface area contributed by atoms with Gasteiger partial charge < -0.3 is 10.2 Å². The molecular weight excluding hydrogens is 336 g/mol. The zero-order chi connectivity index (χ0) is 19.4. The summed E-state index contributed by atoms with van der Waals surface area (Å²) in [6.07, 6.45) is 6.31. The van der Waals surface area contributed by atoms with Crippen molar-refractivity contribution in [3.05, 3.63) is 47.8 Å². The zero-order valence-electron chi connectivity index (χ0n) is 16.8. The van der Waals surface area contributed by atoms with E-state index in [1.165, 1.54) is 12.0 Å². The number of rotatable bonds is 4. The molecule has 1 unspecified atom stereocenters. The highest BCUT2D eigenvalue weighted by Crippen LogP contribution is 2.25. The molecule has 0 aliphatic carbocycles. The molecule has 1 saturated heterocycles. The minimum Gasteiger partial charge on any atom is -0.338 e. The molecule has 5 heteroatoms. The molecule has 1 aliphatic rings. The van der Waals surface area contributed by atoms with Crippen LogP contribution in [0.1, 0.15) is 69.4 Å². The first-order valence-electron chi connectivity index (χ1n) is 9.90. The van der Waals surface area contributed by atoms with Crippen LogP contribution in [0.25, 0.3) is 0 Å². The summed E-state index contributed by atoms with van der Waals surface area (Å²) >= 11 is 0. The second-order valence-corrected chi connectivity index (χ2v) is 8.27. The van der Waals surface area contributed by atoms with Gasteiger partial charge in [0.05, 0.1) is 0 Å². The lowest BCUT2D eigenvalue weighted by atomic mass is 9.87. The average molecular weight is 367 g/mol. The van der Waals surface area contributed by atoms with Crippen LogP contribution in [0, 0.1) is 0 Å². The van der Waals surface area contributed by atoms with Crippen molar-refractivity contribution in [2.45, 2.75) is 64.8 Å². The van der Waals surface area contributed by atoms with Gasteiger partial charge in [0.15, 0.2) is 0 Å². The summed E-state index contributed by atoms with van der Waals surface area (Å²) < 4.78 is 0. The number of amides is 1. The Bertz CT molecular complexity index is 780. The van der Waals surface area contributed by atoms with Gasteiger partial charge in [-0.25, -0.2) is 9.97 Å². The number of hydrogen-bond donors (Lipinski definition) is 1. The molecule has 1 aliphatic heterocycles. The van der Waals surface area contributed by atoms with Crippen molar-refractivity contribution in [3.8, 4) is 0 Å². The van der Waals surface area contributed by atoms with Crippen LogP contribution in [0.15, 0.2) is 36.5 Å². The normalized spacial score (nSPS) is 17.6. The molecule has 1 aromatic carbocycles. The van der Waals surface area contributed by atoms with Crippen LogP contribution in [0.3, 0.4) is 0 Å². The van der Waals surface area contributed by atoms with E-state index in [-0.39, 0.29) is 11.3 Å². The van der Waals surface area contributed by atoms with Gasteiger partial charge in [-0.15, -0.1) is 0 Å². The van der Waals surface area contributed by atoms with E-state index in [0.29, 0.717) is 17.7 Å². The van der Waals surface area contributed by atoms with Gasteiger partial charge in [-0.1, -0.05) is 39.8 Å². The highest BCUT2D eigenvalue weighted by Gasteiger charge is 2.24. The molecule has 2 aromatic rings. The maximum Gasteiger partial charge on any atom is 0.274 e. The highest BCUT2D eigenvalue weighted by atomic mass is 16.1. The molecule has 1 amide bonds. The van der Waals surface area contributed by atoms with Crippen LogP contribution < -0.4 is 10.2 Å². The number of carbonyl (C=O) groups excluding carboxylic acids is 1. The standard InChI is InChI=1S/C22H30N4O/c1-5-18-8-6-7-15-26(18)21-23-14-13-19(25-21)20(27)24-17-11-9-16(10-12-17)22(2,3)4/h9-14,18H,5-8,15H2,1-4H3,(H,24,27). The summed E-state index contributed by atoms with van der Waals surface area (Å²) in [4.78, 5) is 23.9. The monoisotopic (exact) mass is 366 g/mol. The van der Waals surface area contributed by atoms with E-state index >= 15 is 0 Å². The van der Waals surface area contributed by atoms with Gasteiger partial charge in [-0.3, -0.25) is 4.79 Å². The van der Waals surface area contributed by atoms with Crippen molar-refractivity contribution in [2.24, 2.45) is 0 Å². The summed E-state index contributed by atoms with van der Waals surface area (Å²) in [5.74, 6) is 0.462. The second kappa shape index (κ2) is 8.07. The Kier molecular flexibility index (Phi) is 5.78. The number of piperidine rings is 1. The Balaban J connectivity index is 1.73. The van der Waals surface area contributed by atoms with E-state index in [2.05, 4.69) is 60.0 Å². The molecule has 5 nitrogen and oxygen atoms in total. The van der Waals surface area contributed by atoms with Crippen molar-refractivity contribution in [2.75, 3.05) is 16.8 Å². The molecule has 0 bridgehead atoms. The van der Waals surface area contributed by atoms with Gasteiger partial charge in [-0.2, -0.15) is 0 Å². The Labute approximate surface area is 162 Å². The van der Waals surface area contributed by atoms with E-state index in [0.717, 1.165) is 31.5 Å². The first-order chi connectivity index (χ1) is 12.9. The third-order valence-corrected chi connectivity index (χ3v) is 5.24. The Morgan fingerprint density at radius 3 is 2.59 bits per heavy atom. The van der Waals surface area contributed by atoms with Gasteiger partial charge in [-0.05, 0) is 54.9 Å². The maximum atomic E-state index is 12.7. The Morgan fingerprint density at radius 1 is 1.19 bits per heavy atom. The van der Waals surface area contributed by atoms with E-state index in [1.807, 2.05) is 12.1 Å². The lowest BCUT2D eigenvalue weighted by Gasteiger charge is -2.35. The van der Waals surface area contributed by atoms with Crippen LogP contribution in [0.5, 0.6) is 0 Å². The first kappa shape index (κ1) is 19.3. The minimum absolute atomic E-state index is 0.0916. The number of nitrogens with one attached hydrogen (secondary N) is 1. The second-order valence-electron chi connectivity index (χ2n) is 8.27. The molecule has 2 heterocycles. The molecule has 0 spiro atoms. The van der Waals surface area contributed by atoms with Crippen molar-refractivity contribution in [1.29, 1.82) is 0 Å². The molecular formula is C22H30N4O. The molecule has 1 fully saturated rings. The fourth-order valence-electron chi connectivity index (χ4n) is 3.55. The van der Waals surface area contributed by atoms with Gasteiger partial charge in [0.2, 0.25) is 5.95 Å². The summed E-state index contributed by atoms with van der Waals surface area (Å²) in [6.45, 7) is 9.67. The molecule has 3 rings (SSSR count). The zero-order valence-corrected chi connectivity index (χ0v) is 16.8. The topological polar surface area (TPSA) is 58.1 Å². The quantitative estimate of drug-likeness (QED) is 0.845. The van der Waals surface area contributed by atoms with Crippen LogP contribution in [-0.4, -0.2) is 28.5 Å². The fraction of sp³-hybridized carbons (Fsp3) is 0.500. The number of anilines is 2. The lowest BCUT2D eigenvalue weighted by molar-refractivity contribution is 0.102. The van der Waals surface area contributed by atoms with Crippen molar-refractivity contribution >= 4 is 17.5 Å². The summed E-state index contributed by atoms with van der Waals surface area (Å²) in [7, 11) is 0.